The van der Waals surface area contributed by atoms with Crippen LogP contribution in [-0.2, 0) is 32.6 Å². The number of methoxy groups -OCH3 is 1. The maximum absolute atomic E-state index is 13.5. The lowest BCUT2D eigenvalue weighted by Crippen LogP contribution is -2.51. The molecule has 2 amide bonds. The number of nitrogens with zero attached hydrogens (tertiary/aromatic N) is 2. The molecule has 9 heteroatoms. The van der Waals surface area contributed by atoms with Crippen molar-refractivity contribution in [3.63, 3.8) is 0 Å². The van der Waals surface area contributed by atoms with Crippen molar-refractivity contribution >= 4 is 27.5 Å². The number of hydrogen-bond acceptors (Lipinski definition) is 5. The number of nitrogens with one attached hydrogen (secondary N) is 1. The zero-order valence-electron chi connectivity index (χ0n) is 20.6. The van der Waals surface area contributed by atoms with E-state index in [0.29, 0.717) is 24.4 Å². The third-order valence-corrected chi connectivity index (χ3v) is 6.68. The van der Waals surface area contributed by atoms with Gasteiger partial charge in [0, 0.05) is 13.1 Å². The Balaban J connectivity index is 2.39. The van der Waals surface area contributed by atoms with Crippen LogP contribution in [-0.4, -0.2) is 57.6 Å². The summed E-state index contributed by atoms with van der Waals surface area (Å²) in [4.78, 5) is 27.7. The average Bonchev–Trinajstić information content (AvgIpc) is 2.83. The zero-order chi connectivity index (χ0) is 25.3. The second-order valence-electron chi connectivity index (χ2n) is 8.09. The molecule has 0 heterocycles. The number of ether oxygens (including phenoxy) is 1. The Labute approximate surface area is 202 Å². The number of carbonyl (C=O) groups is 2. The molecule has 0 bridgehead atoms. The predicted octanol–water partition coefficient (Wildman–Crippen LogP) is 2.97. The van der Waals surface area contributed by atoms with Gasteiger partial charge in [0.2, 0.25) is 21.8 Å². The number of carbonyl (C=O) groups excluding carboxylic acids is 2. The van der Waals surface area contributed by atoms with Gasteiger partial charge < -0.3 is 15.0 Å². The number of sulfonamides is 1. The van der Waals surface area contributed by atoms with Gasteiger partial charge in [0.25, 0.3) is 0 Å². The fourth-order valence-corrected chi connectivity index (χ4v) is 4.43. The maximum atomic E-state index is 13.5. The van der Waals surface area contributed by atoms with Crippen LogP contribution in [0.15, 0.2) is 48.5 Å². The van der Waals surface area contributed by atoms with Crippen molar-refractivity contribution in [3.05, 3.63) is 59.7 Å². The number of hydrogen-bond donors (Lipinski definition) is 1. The van der Waals surface area contributed by atoms with E-state index in [-0.39, 0.29) is 12.5 Å². The summed E-state index contributed by atoms with van der Waals surface area (Å²) in [6.45, 7) is 5.76. The molecule has 0 spiro atoms. The van der Waals surface area contributed by atoms with Crippen LogP contribution < -0.4 is 14.4 Å². The summed E-state index contributed by atoms with van der Waals surface area (Å²) in [7, 11) is -2.18. The number of benzene rings is 2. The van der Waals surface area contributed by atoms with E-state index in [0.717, 1.165) is 28.1 Å². The Morgan fingerprint density at radius 2 is 1.71 bits per heavy atom. The highest BCUT2D eigenvalue weighted by Crippen LogP contribution is 2.24. The Kier molecular flexibility index (Phi) is 9.92. The molecule has 0 aliphatic heterocycles. The molecule has 2 aromatic carbocycles. The first-order valence-electron chi connectivity index (χ1n) is 11.4. The molecule has 0 aliphatic rings. The van der Waals surface area contributed by atoms with Gasteiger partial charge in [-0.25, -0.2) is 8.42 Å². The molecule has 0 fully saturated rings. The number of amides is 2. The minimum absolute atomic E-state index is 0.149. The average molecular weight is 490 g/mol. The fourth-order valence-electron chi connectivity index (χ4n) is 3.55. The maximum Gasteiger partial charge on any atom is 0.244 e. The Morgan fingerprint density at radius 3 is 2.26 bits per heavy atom. The van der Waals surface area contributed by atoms with Gasteiger partial charge in [0.15, 0.2) is 0 Å². The molecule has 186 valence electrons. The van der Waals surface area contributed by atoms with Crippen molar-refractivity contribution in [1.29, 1.82) is 0 Å². The first-order valence-corrected chi connectivity index (χ1v) is 13.2. The second kappa shape index (κ2) is 12.4. The van der Waals surface area contributed by atoms with Crippen molar-refractivity contribution in [2.24, 2.45) is 0 Å². The molecule has 1 atom stereocenters. The van der Waals surface area contributed by atoms with E-state index in [2.05, 4.69) is 5.32 Å². The molecule has 0 saturated heterocycles. The zero-order valence-corrected chi connectivity index (χ0v) is 21.4. The van der Waals surface area contributed by atoms with Crippen LogP contribution in [0.3, 0.4) is 0 Å². The van der Waals surface area contributed by atoms with E-state index in [9.17, 15) is 18.0 Å². The molecule has 34 heavy (non-hydrogen) atoms. The molecular formula is C25H35N3O5S. The van der Waals surface area contributed by atoms with Crippen molar-refractivity contribution in [2.45, 2.75) is 46.2 Å². The van der Waals surface area contributed by atoms with Crippen LogP contribution in [0, 0.1) is 0 Å². The lowest BCUT2D eigenvalue weighted by molar-refractivity contribution is -0.139. The van der Waals surface area contributed by atoms with Gasteiger partial charge in [-0.05, 0) is 49.1 Å². The predicted molar refractivity (Wildman–Crippen MR) is 134 cm³/mol. The van der Waals surface area contributed by atoms with Crippen molar-refractivity contribution < 1.29 is 22.7 Å². The SMILES string of the molecule is CCCNC(=O)[C@H](C)N(Cc1ccc(OC)cc1)C(=O)CN(c1ccccc1CC)S(C)(=O)=O. The fraction of sp³-hybridized carbons (Fsp3) is 0.440. The largest absolute Gasteiger partial charge is 0.497 e. The van der Waals surface area contributed by atoms with Crippen molar-refractivity contribution in [3.8, 4) is 5.75 Å². The summed E-state index contributed by atoms with van der Waals surface area (Å²) < 4.78 is 31.7. The van der Waals surface area contributed by atoms with Crippen molar-refractivity contribution in [1.82, 2.24) is 10.2 Å². The van der Waals surface area contributed by atoms with E-state index >= 15 is 0 Å². The summed E-state index contributed by atoms with van der Waals surface area (Å²) in [5.74, 6) is -0.0790. The molecule has 2 aromatic rings. The van der Waals surface area contributed by atoms with Gasteiger partial charge in [0.05, 0.1) is 19.1 Å². The van der Waals surface area contributed by atoms with Crippen molar-refractivity contribution in [2.75, 3.05) is 30.8 Å². The highest BCUT2D eigenvalue weighted by molar-refractivity contribution is 7.92. The minimum Gasteiger partial charge on any atom is -0.497 e. The summed E-state index contributed by atoms with van der Waals surface area (Å²) in [6.07, 6.45) is 2.46. The highest BCUT2D eigenvalue weighted by atomic mass is 32.2. The van der Waals surface area contributed by atoms with E-state index in [1.807, 2.05) is 38.1 Å². The summed E-state index contributed by atoms with van der Waals surface area (Å²) in [5.41, 5.74) is 2.08. The van der Waals surface area contributed by atoms with E-state index in [1.54, 1.807) is 38.3 Å². The van der Waals surface area contributed by atoms with Crippen LogP contribution in [0.4, 0.5) is 5.69 Å². The van der Waals surface area contributed by atoms with Gasteiger partial charge in [0.1, 0.15) is 18.3 Å². The van der Waals surface area contributed by atoms with Gasteiger partial charge in [-0.1, -0.05) is 44.2 Å². The topological polar surface area (TPSA) is 96.0 Å². The highest BCUT2D eigenvalue weighted by Gasteiger charge is 2.30. The molecule has 2 rings (SSSR count). The number of para-hydroxylation sites is 1. The summed E-state index contributed by atoms with van der Waals surface area (Å²) >= 11 is 0. The van der Waals surface area contributed by atoms with E-state index < -0.39 is 28.5 Å². The smallest absolute Gasteiger partial charge is 0.244 e. The molecule has 8 nitrogen and oxygen atoms in total. The normalized spacial score (nSPS) is 12.0. The number of anilines is 1. The monoisotopic (exact) mass is 489 g/mol. The van der Waals surface area contributed by atoms with Crippen LogP contribution in [0.1, 0.15) is 38.3 Å². The van der Waals surface area contributed by atoms with E-state index in [4.69, 9.17) is 4.74 Å². The number of rotatable bonds is 12. The molecule has 0 unspecified atom stereocenters. The van der Waals surface area contributed by atoms with Gasteiger partial charge in [-0.3, -0.25) is 13.9 Å². The van der Waals surface area contributed by atoms with Crippen LogP contribution in [0.5, 0.6) is 5.75 Å². The lowest BCUT2D eigenvalue weighted by Gasteiger charge is -2.32. The van der Waals surface area contributed by atoms with Gasteiger partial charge in [-0.2, -0.15) is 0 Å². The molecular weight excluding hydrogens is 454 g/mol. The molecule has 0 aromatic heterocycles. The third-order valence-electron chi connectivity index (χ3n) is 5.55. The van der Waals surface area contributed by atoms with Gasteiger partial charge >= 0.3 is 0 Å². The minimum atomic E-state index is -3.75. The molecule has 1 N–H and O–H groups in total. The van der Waals surface area contributed by atoms with Gasteiger partial charge in [-0.15, -0.1) is 0 Å². The molecule has 0 aliphatic carbocycles. The first-order chi connectivity index (χ1) is 16.1. The summed E-state index contributed by atoms with van der Waals surface area (Å²) in [6, 6.07) is 13.5. The van der Waals surface area contributed by atoms with E-state index in [1.165, 1.54) is 4.90 Å². The Bertz CT molecular complexity index is 1070. The Morgan fingerprint density at radius 1 is 1.06 bits per heavy atom. The second-order valence-corrected chi connectivity index (χ2v) is 10.00. The van der Waals surface area contributed by atoms with Crippen LogP contribution >= 0.6 is 0 Å². The first kappa shape index (κ1) is 27.2. The molecule has 0 radical (unpaired) electrons. The van der Waals surface area contributed by atoms with Crippen LogP contribution in [0.25, 0.3) is 0 Å². The standard InChI is InChI=1S/C25H35N3O5S/c1-6-16-26-25(30)19(3)27(17-20-12-14-22(33-4)15-13-20)24(29)18-28(34(5,31)32)23-11-9-8-10-21(23)7-2/h8-15,19H,6-7,16-18H2,1-5H3,(H,26,30)/t19-/m0/s1. The quantitative estimate of drug-likeness (QED) is 0.495. The number of aryl methyl sites for hydroxylation is 1. The van der Waals surface area contributed by atoms with Crippen LogP contribution in [0.2, 0.25) is 0 Å². The lowest BCUT2D eigenvalue weighted by atomic mass is 10.1. The summed E-state index contributed by atoms with van der Waals surface area (Å²) in [5, 5.41) is 2.82. The molecule has 0 saturated carbocycles. The third kappa shape index (κ3) is 7.21. The Hall–Kier alpha value is -3.07.